The molecule has 2 aromatic heterocycles. The van der Waals surface area contributed by atoms with Crippen LogP contribution in [0.25, 0.3) is 44.6 Å². The summed E-state index contributed by atoms with van der Waals surface area (Å²) >= 11 is 0. The molecular formula is C35H35N5O4. The number of aromatic carboxylic acids is 1. The van der Waals surface area contributed by atoms with Gasteiger partial charge in [-0.3, -0.25) is 4.79 Å². The first kappa shape index (κ1) is 27.0. The predicted molar refractivity (Wildman–Crippen MR) is 169 cm³/mol. The number of nitrogens with zero attached hydrogens (tertiary/aromatic N) is 4. The molecule has 1 amide bonds. The number of benzene rings is 3. The quantitative estimate of drug-likeness (QED) is 0.258. The van der Waals surface area contributed by atoms with Gasteiger partial charge in [0.1, 0.15) is 11.3 Å². The van der Waals surface area contributed by atoms with E-state index in [2.05, 4.69) is 16.7 Å². The van der Waals surface area contributed by atoms with Crippen LogP contribution in [0, 0.1) is 11.8 Å². The van der Waals surface area contributed by atoms with Crippen LogP contribution in [0.2, 0.25) is 0 Å². The van der Waals surface area contributed by atoms with Crippen LogP contribution >= 0.6 is 0 Å². The highest BCUT2D eigenvalue weighted by Gasteiger charge is 2.47. The lowest BCUT2D eigenvalue weighted by atomic mass is 9.98. The summed E-state index contributed by atoms with van der Waals surface area (Å²) in [5.74, 6) is 1.32. The number of para-hydroxylation sites is 1. The van der Waals surface area contributed by atoms with E-state index in [4.69, 9.17) is 15.5 Å². The molecule has 0 unspecified atom stereocenters. The number of carbonyl (C=O) groups is 2. The second-order valence-electron chi connectivity index (χ2n) is 12.7. The molecule has 3 heterocycles. The number of carboxylic acids is 1. The van der Waals surface area contributed by atoms with Crippen molar-refractivity contribution in [3.63, 3.8) is 0 Å². The van der Waals surface area contributed by atoms with Gasteiger partial charge in [0, 0.05) is 48.7 Å². The van der Waals surface area contributed by atoms with E-state index in [1.807, 2.05) is 52.9 Å². The van der Waals surface area contributed by atoms with Crippen molar-refractivity contribution >= 4 is 33.8 Å². The number of aromatic nitrogens is 3. The standard InChI is InChI=1S/C35H35N5O4/c1-38-32-26(14-22(16-29(32)44-2)34(41)40-18-21-12-13-27(40)30(21)36)37-33(38)28-15-20-6-5-9-24(31(20)39(28)17-19-10-11-19)23-7-3-4-8-25(23)35(42)43/h3-9,14-16,19,21,27,30H,10-13,17-18,36H2,1-2H3,(H,42,43)/t21-,27-,30-/m1/s1. The third-order valence-corrected chi connectivity index (χ3v) is 10.1. The number of piperidine rings is 1. The lowest BCUT2D eigenvalue weighted by molar-refractivity contribution is 0.0690. The van der Waals surface area contributed by atoms with Crippen molar-refractivity contribution in [2.75, 3.05) is 13.7 Å². The minimum atomic E-state index is -0.949. The number of fused-ring (bicyclic) bond motifs is 4. The number of likely N-dealkylation sites (tertiary alicyclic amines) is 1. The summed E-state index contributed by atoms with van der Waals surface area (Å²) in [6.45, 7) is 1.51. The number of rotatable bonds is 7. The molecule has 0 radical (unpaired) electrons. The Balaban J connectivity index is 1.29. The third kappa shape index (κ3) is 4.06. The molecular weight excluding hydrogens is 554 g/mol. The van der Waals surface area contributed by atoms with Crippen LogP contribution in [0.1, 0.15) is 46.4 Å². The van der Waals surface area contributed by atoms with Crippen molar-refractivity contribution in [2.24, 2.45) is 24.6 Å². The normalized spacial score (nSPS) is 21.1. The number of amides is 1. The van der Waals surface area contributed by atoms with E-state index in [1.54, 1.807) is 19.2 Å². The van der Waals surface area contributed by atoms with Gasteiger partial charge in [-0.1, -0.05) is 36.4 Å². The Morgan fingerprint density at radius 1 is 1.00 bits per heavy atom. The van der Waals surface area contributed by atoms with Gasteiger partial charge in [0.2, 0.25) is 0 Å². The number of carboxylic acid groups (broad SMARTS) is 1. The zero-order valence-corrected chi connectivity index (χ0v) is 24.9. The van der Waals surface area contributed by atoms with Crippen LogP contribution in [0.5, 0.6) is 5.75 Å². The molecule has 1 saturated heterocycles. The fourth-order valence-electron chi connectivity index (χ4n) is 7.65. The third-order valence-electron chi connectivity index (χ3n) is 10.1. The van der Waals surface area contributed by atoms with Gasteiger partial charge in [-0.15, -0.1) is 0 Å². The number of ether oxygens (including phenoxy) is 1. The van der Waals surface area contributed by atoms with E-state index in [0.717, 1.165) is 65.7 Å². The largest absolute Gasteiger partial charge is 0.494 e. The van der Waals surface area contributed by atoms with Crippen LogP contribution in [0.15, 0.2) is 60.7 Å². The monoisotopic (exact) mass is 589 g/mol. The van der Waals surface area contributed by atoms with Crippen molar-refractivity contribution in [3.05, 3.63) is 71.8 Å². The van der Waals surface area contributed by atoms with Gasteiger partial charge in [-0.05, 0) is 67.3 Å². The van der Waals surface area contributed by atoms with Crippen LogP contribution in [0.3, 0.4) is 0 Å². The Bertz CT molecular complexity index is 1990. The van der Waals surface area contributed by atoms with Crippen LogP contribution in [0.4, 0.5) is 0 Å². The molecule has 3 aliphatic rings. The molecule has 5 aromatic rings. The van der Waals surface area contributed by atoms with Crippen molar-refractivity contribution < 1.29 is 19.4 Å². The minimum Gasteiger partial charge on any atom is -0.494 e. The second kappa shape index (κ2) is 9.95. The maximum atomic E-state index is 13.7. The molecule has 8 rings (SSSR count). The van der Waals surface area contributed by atoms with Crippen LogP contribution in [-0.4, -0.2) is 61.7 Å². The molecule has 9 nitrogen and oxygen atoms in total. The van der Waals surface area contributed by atoms with Crippen molar-refractivity contribution in [2.45, 2.75) is 44.3 Å². The second-order valence-corrected chi connectivity index (χ2v) is 12.7. The van der Waals surface area contributed by atoms with Gasteiger partial charge in [0.05, 0.1) is 29.4 Å². The average molecular weight is 590 g/mol. The summed E-state index contributed by atoms with van der Waals surface area (Å²) in [5.41, 5.74) is 12.3. The molecule has 9 heteroatoms. The molecule has 2 bridgehead atoms. The maximum Gasteiger partial charge on any atom is 0.336 e. The highest BCUT2D eigenvalue weighted by atomic mass is 16.5. The Morgan fingerprint density at radius 2 is 1.80 bits per heavy atom. The first-order valence-electron chi connectivity index (χ1n) is 15.4. The number of methoxy groups -OCH3 is 1. The number of nitrogens with two attached hydrogens (primary N) is 1. The van der Waals surface area contributed by atoms with Crippen molar-refractivity contribution in [1.29, 1.82) is 0 Å². The van der Waals surface area contributed by atoms with Crippen LogP contribution in [-0.2, 0) is 13.6 Å². The SMILES string of the molecule is COc1cc(C(=O)N2C[C@H]3CC[C@@H]2[C@@H]3N)cc2nc(-c3cc4cccc(-c5ccccc5C(=O)O)c4n3CC3CC3)n(C)c12. The summed E-state index contributed by atoms with van der Waals surface area (Å²) in [4.78, 5) is 33.0. The zero-order chi connectivity index (χ0) is 30.3. The van der Waals surface area contributed by atoms with E-state index in [9.17, 15) is 14.7 Å². The van der Waals surface area contributed by atoms with Gasteiger partial charge in [-0.2, -0.15) is 0 Å². The zero-order valence-electron chi connectivity index (χ0n) is 24.9. The first-order valence-corrected chi connectivity index (χ1v) is 15.4. The molecule has 3 aromatic carbocycles. The van der Waals surface area contributed by atoms with Crippen molar-refractivity contribution in [1.82, 2.24) is 19.0 Å². The molecule has 3 N–H and O–H groups in total. The van der Waals surface area contributed by atoms with Gasteiger partial charge < -0.3 is 29.6 Å². The van der Waals surface area contributed by atoms with Gasteiger partial charge >= 0.3 is 5.97 Å². The molecule has 1 aliphatic heterocycles. The fraction of sp³-hybridized carbons (Fsp3) is 0.343. The lowest BCUT2D eigenvalue weighted by Crippen LogP contribution is -2.41. The average Bonchev–Trinajstić information content (AvgIpc) is 3.42. The van der Waals surface area contributed by atoms with Gasteiger partial charge in [0.25, 0.3) is 5.91 Å². The Kier molecular flexibility index (Phi) is 6.10. The summed E-state index contributed by atoms with van der Waals surface area (Å²) in [6, 6.07) is 19.2. The highest BCUT2D eigenvalue weighted by molar-refractivity contribution is 6.04. The summed E-state index contributed by atoms with van der Waals surface area (Å²) in [7, 11) is 3.60. The molecule has 2 saturated carbocycles. The van der Waals surface area contributed by atoms with Crippen molar-refractivity contribution in [3.8, 4) is 28.4 Å². The first-order chi connectivity index (χ1) is 21.3. The smallest absolute Gasteiger partial charge is 0.336 e. The van der Waals surface area contributed by atoms with Gasteiger partial charge in [0.15, 0.2) is 5.82 Å². The molecule has 2 aliphatic carbocycles. The number of aryl methyl sites for hydroxylation is 1. The molecule has 3 fully saturated rings. The van der Waals surface area contributed by atoms with E-state index >= 15 is 0 Å². The molecule has 0 spiro atoms. The Morgan fingerprint density at radius 3 is 2.50 bits per heavy atom. The molecule has 3 atom stereocenters. The van der Waals surface area contributed by atoms with E-state index < -0.39 is 5.97 Å². The summed E-state index contributed by atoms with van der Waals surface area (Å²) in [6.07, 6.45) is 4.36. The Labute approximate surface area is 254 Å². The predicted octanol–water partition coefficient (Wildman–Crippen LogP) is 5.54. The molecule has 44 heavy (non-hydrogen) atoms. The van der Waals surface area contributed by atoms with Crippen LogP contribution < -0.4 is 10.5 Å². The van der Waals surface area contributed by atoms with Gasteiger partial charge in [-0.25, -0.2) is 9.78 Å². The number of hydrogen-bond donors (Lipinski definition) is 2. The number of imidazole rings is 1. The topological polar surface area (TPSA) is 116 Å². The molecule has 224 valence electrons. The fourth-order valence-corrected chi connectivity index (χ4v) is 7.65. The van der Waals surface area contributed by atoms with E-state index in [0.29, 0.717) is 40.8 Å². The van der Waals surface area contributed by atoms with E-state index in [1.165, 1.54) is 0 Å². The summed E-state index contributed by atoms with van der Waals surface area (Å²) < 4.78 is 10.2. The lowest BCUT2D eigenvalue weighted by Gasteiger charge is -2.27. The van der Waals surface area contributed by atoms with E-state index in [-0.39, 0.29) is 23.6 Å². The Hall–Kier alpha value is -4.63. The number of carbonyl (C=O) groups excluding carboxylic acids is 1. The number of hydrogen-bond acceptors (Lipinski definition) is 5. The summed E-state index contributed by atoms with van der Waals surface area (Å²) in [5, 5.41) is 11.0. The minimum absolute atomic E-state index is 0.0235. The maximum absolute atomic E-state index is 13.7. The highest BCUT2D eigenvalue weighted by Crippen LogP contribution is 2.42.